The maximum Gasteiger partial charge on any atom is 0.236 e. The Balaban J connectivity index is 1.76. The monoisotopic (exact) mass is 281 g/mol. The van der Waals surface area contributed by atoms with Gasteiger partial charge in [-0.05, 0) is 58.5 Å². The fourth-order valence-electron chi connectivity index (χ4n) is 3.66. The Labute approximate surface area is 123 Å². The van der Waals surface area contributed by atoms with E-state index >= 15 is 0 Å². The van der Waals surface area contributed by atoms with E-state index in [4.69, 9.17) is 0 Å². The number of nitrogens with one attached hydrogen (secondary N) is 1. The fraction of sp³-hybridized carbons (Fsp3) is 0.938. The first kappa shape index (κ1) is 15.8. The lowest BCUT2D eigenvalue weighted by Crippen LogP contribution is -2.47. The van der Waals surface area contributed by atoms with Crippen molar-refractivity contribution in [3.05, 3.63) is 0 Å². The standard InChI is InChI=1S/C16H31N3O/c1-13-5-4-10-19(11-13)16(20)12-18(3)15-8-6-14(17-2)7-9-15/h13-15,17H,4-12H2,1-3H3. The average Bonchev–Trinajstić information content (AvgIpc) is 2.47. The number of carbonyl (C=O) groups excluding carboxylic acids is 1. The highest BCUT2D eigenvalue weighted by molar-refractivity contribution is 5.78. The molecule has 1 saturated heterocycles. The van der Waals surface area contributed by atoms with Crippen LogP contribution in [0.15, 0.2) is 0 Å². The summed E-state index contributed by atoms with van der Waals surface area (Å²) in [5.74, 6) is 0.999. The van der Waals surface area contributed by atoms with Crippen LogP contribution < -0.4 is 5.32 Å². The molecule has 4 nitrogen and oxygen atoms in total. The minimum atomic E-state index is 0.329. The summed E-state index contributed by atoms with van der Waals surface area (Å²) in [7, 11) is 4.17. The first-order valence-corrected chi connectivity index (χ1v) is 8.25. The summed E-state index contributed by atoms with van der Waals surface area (Å²) < 4.78 is 0. The van der Waals surface area contributed by atoms with E-state index in [2.05, 4.69) is 36.1 Å². The average molecular weight is 281 g/mol. The molecule has 0 aromatic heterocycles. The smallest absolute Gasteiger partial charge is 0.236 e. The number of amides is 1. The van der Waals surface area contributed by atoms with Crippen LogP contribution in [0.3, 0.4) is 0 Å². The quantitative estimate of drug-likeness (QED) is 0.852. The predicted molar refractivity (Wildman–Crippen MR) is 82.7 cm³/mol. The normalized spacial score (nSPS) is 31.6. The van der Waals surface area contributed by atoms with Crippen molar-refractivity contribution in [2.24, 2.45) is 5.92 Å². The minimum absolute atomic E-state index is 0.329. The third-order valence-electron chi connectivity index (χ3n) is 5.12. The molecule has 1 atom stereocenters. The third kappa shape index (κ3) is 4.19. The maximum atomic E-state index is 12.4. The summed E-state index contributed by atoms with van der Waals surface area (Å²) in [6, 6.07) is 1.27. The van der Waals surface area contributed by atoms with Gasteiger partial charge in [0.25, 0.3) is 0 Å². The first-order chi connectivity index (χ1) is 9.60. The van der Waals surface area contributed by atoms with Gasteiger partial charge in [-0.2, -0.15) is 0 Å². The number of likely N-dealkylation sites (tertiary alicyclic amines) is 1. The summed E-state index contributed by atoms with van der Waals surface area (Å²) in [5.41, 5.74) is 0. The second kappa shape index (κ2) is 7.41. The second-order valence-corrected chi connectivity index (χ2v) is 6.80. The Kier molecular flexibility index (Phi) is 5.85. The van der Waals surface area contributed by atoms with E-state index in [1.54, 1.807) is 0 Å². The van der Waals surface area contributed by atoms with Crippen molar-refractivity contribution in [1.29, 1.82) is 0 Å². The van der Waals surface area contributed by atoms with Crippen LogP contribution in [0.2, 0.25) is 0 Å². The number of carbonyl (C=O) groups is 1. The van der Waals surface area contributed by atoms with E-state index in [0.29, 0.717) is 30.5 Å². The molecule has 2 fully saturated rings. The van der Waals surface area contributed by atoms with Crippen molar-refractivity contribution >= 4 is 5.91 Å². The molecule has 1 saturated carbocycles. The first-order valence-electron chi connectivity index (χ1n) is 8.25. The molecule has 1 heterocycles. The summed E-state index contributed by atoms with van der Waals surface area (Å²) in [6.07, 6.45) is 7.34. The van der Waals surface area contributed by atoms with E-state index in [-0.39, 0.29) is 0 Å². The van der Waals surface area contributed by atoms with Gasteiger partial charge in [0.05, 0.1) is 6.54 Å². The lowest BCUT2D eigenvalue weighted by molar-refractivity contribution is -0.134. The van der Waals surface area contributed by atoms with Crippen molar-refractivity contribution in [2.45, 2.75) is 57.5 Å². The molecule has 0 radical (unpaired) electrons. The molecule has 1 unspecified atom stereocenters. The van der Waals surface area contributed by atoms with Crippen LogP contribution in [0.1, 0.15) is 45.4 Å². The maximum absolute atomic E-state index is 12.4. The molecule has 0 aromatic carbocycles. The van der Waals surface area contributed by atoms with Crippen LogP contribution in [0.4, 0.5) is 0 Å². The zero-order chi connectivity index (χ0) is 14.5. The number of hydrogen-bond donors (Lipinski definition) is 1. The molecule has 2 rings (SSSR count). The molecule has 2 aliphatic rings. The van der Waals surface area contributed by atoms with Crippen LogP contribution in [0.25, 0.3) is 0 Å². The third-order valence-corrected chi connectivity index (χ3v) is 5.12. The van der Waals surface area contributed by atoms with Gasteiger partial charge < -0.3 is 10.2 Å². The summed E-state index contributed by atoms with van der Waals surface area (Å²) >= 11 is 0. The zero-order valence-electron chi connectivity index (χ0n) is 13.4. The van der Waals surface area contributed by atoms with Gasteiger partial charge in [0.2, 0.25) is 5.91 Å². The molecule has 0 aromatic rings. The number of likely N-dealkylation sites (N-methyl/N-ethyl adjacent to an activating group) is 1. The molecule has 4 heteroatoms. The Morgan fingerprint density at radius 1 is 1.25 bits per heavy atom. The fourth-order valence-corrected chi connectivity index (χ4v) is 3.66. The number of piperidine rings is 1. The molecule has 116 valence electrons. The van der Waals surface area contributed by atoms with Gasteiger partial charge >= 0.3 is 0 Å². The highest BCUT2D eigenvalue weighted by Gasteiger charge is 2.26. The van der Waals surface area contributed by atoms with Crippen molar-refractivity contribution in [1.82, 2.24) is 15.1 Å². The van der Waals surface area contributed by atoms with Crippen molar-refractivity contribution in [2.75, 3.05) is 33.7 Å². The zero-order valence-corrected chi connectivity index (χ0v) is 13.4. The Bertz CT molecular complexity index is 313. The van der Waals surface area contributed by atoms with Gasteiger partial charge in [-0.25, -0.2) is 0 Å². The van der Waals surface area contributed by atoms with Crippen LogP contribution in [0, 0.1) is 5.92 Å². The SMILES string of the molecule is CNC1CCC(N(C)CC(=O)N2CCCC(C)C2)CC1. The van der Waals surface area contributed by atoms with Gasteiger partial charge in [-0.15, -0.1) is 0 Å². The van der Waals surface area contributed by atoms with E-state index in [0.717, 1.165) is 13.1 Å². The van der Waals surface area contributed by atoms with Gasteiger partial charge in [-0.1, -0.05) is 6.92 Å². The van der Waals surface area contributed by atoms with Gasteiger partial charge in [-0.3, -0.25) is 9.69 Å². The molecule has 1 N–H and O–H groups in total. The molecular formula is C16H31N3O. The largest absolute Gasteiger partial charge is 0.341 e. The lowest BCUT2D eigenvalue weighted by Gasteiger charge is -2.36. The van der Waals surface area contributed by atoms with E-state index in [1.165, 1.54) is 38.5 Å². The van der Waals surface area contributed by atoms with E-state index in [9.17, 15) is 4.79 Å². The van der Waals surface area contributed by atoms with Crippen molar-refractivity contribution < 1.29 is 4.79 Å². The number of hydrogen-bond acceptors (Lipinski definition) is 3. The molecule has 0 spiro atoms. The minimum Gasteiger partial charge on any atom is -0.341 e. The molecule has 1 aliphatic heterocycles. The highest BCUT2D eigenvalue weighted by Crippen LogP contribution is 2.22. The van der Waals surface area contributed by atoms with Crippen molar-refractivity contribution in [3.63, 3.8) is 0 Å². The number of rotatable bonds is 4. The van der Waals surface area contributed by atoms with Crippen LogP contribution in [-0.2, 0) is 4.79 Å². The summed E-state index contributed by atoms with van der Waals surface area (Å²) in [4.78, 5) is 16.7. The van der Waals surface area contributed by atoms with Crippen LogP contribution in [0.5, 0.6) is 0 Å². The Hall–Kier alpha value is -0.610. The molecular weight excluding hydrogens is 250 g/mol. The summed E-state index contributed by atoms with van der Waals surface area (Å²) in [6.45, 7) is 4.77. The second-order valence-electron chi connectivity index (χ2n) is 6.80. The Morgan fingerprint density at radius 2 is 1.95 bits per heavy atom. The van der Waals surface area contributed by atoms with Crippen LogP contribution >= 0.6 is 0 Å². The van der Waals surface area contributed by atoms with E-state index < -0.39 is 0 Å². The van der Waals surface area contributed by atoms with Gasteiger partial charge in [0, 0.05) is 25.2 Å². The number of nitrogens with zero attached hydrogens (tertiary/aromatic N) is 2. The molecule has 1 aliphatic carbocycles. The van der Waals surface area contributed by atoms with Gasteiger partial charge in [0.1, 0.15) is 0 Å². The van der Waals surface area contributed by atoms with E-state index in [1.807, 2.05) is 0 Å². The molecule has 20 heavy (non-hydrogen) atoms. The summed E-state index contributed by atoms with van der Waals surface area (Å²) in [5, 5.41) is 3.37. The molecule has 0 bridgehead atoms. The van der Waals surface area contributed by atoms with Crippen molar-refractivity contribution in [3.8, 4) is 0 Å². The lowest BCUT2D eigenvalue weighted by atomic mass is 9.90. The molecule has 1 amide bonds. The highest BCUT2D eigenvalue weighted by atomic mass is 16.2. The Morgan fingerprint density at radius 3 is 2.55 bits per heavy atom. The van der Waals surface area contributed by atoms with Crippen LogP contribution in [-0.4, -0.2) is 61.5 Å². The topological polar surface area (TPSA) is 35.6 Å². The van der Waals surface area contributed by atoms with Gasteiger partial charge in [0.15, 0.2) is 0 Å². The predicted octanol–water partition coefficient (Wildman–Crippen LogP) is 1.71.